The minimum atomic E-state index is 0.0759. The third-order valence-electron chi connectivity index (χ3n) is 5.14. The highest BCUT2D eigenvalue weighted by atomic mass is 16.5. The van der Waals surface area contributed by atoms with E-state index >= 15 is 0 Å². The summed E-state index contributed by atoms with van der Waals surface area (Å²) in [5.41, 5.74) is 5.29. The molecule has 1 aromatic heterocycles. The van der Waals surface area contributed by atoms with Gasteiger partial charge in [-0.1, -0.05) is 30.3 Å². The molecule has 2 aromatic carbocycles. The summed E-state index contributed by atoms with van der Waals surface area (Å²) in [6.07, 6.45) is 3.83. The van der Waals surface area contributed by atoms with Gasteiger partial charge in [-0.05, 0) is 36.6 Å². The zero-order valence-corrected chi connectivity index (χ0v) is 14.4. The van der Waals surface area contributed by atoms with Crippen LogP contribution in [0, 0.1) is 0 Å². The number of nitrogens with zero attached hydrogens (tertiary/aromatic N) is 3. The molecule has 5 nitrogen and oxygen atoms in total. The number of fused-ring (bicyclic) bond motifs is 4. The molecule has 2 aliphatic heterocycles. The van der Waals surface area contributed by atoms with Gasteiger partial charge in [-0.25, -0.2) is 0 Å². The maximum absolute atomic E-state index is 13.1. The molecule has 0 saturated heterocycles. The number of carbonyl (C=O) groups is 1. The second-order valence-corrected chi connectivity index (χ2v) is 6.74. The van der Waals surface area contributed by atoms with E-state index in [9.17, 15) is 4.79 Å². The number of ether oxygens (including phenoxy) is 1. The number of carbonyl (C=O) groups excluding carboxylic acids is 1. The van der Waals surface area contributed by atoms with Gasteiger partial charge < -0.3 is 9.64 Å². The fraction of sp³-hybridized carbons (Fsp3) is 0.238. The number of benzene rings is 2. The molecule has 0 atom stereocenters. The normalized spacial score (nSPS) is 14.8. The average Bonchev–Trinajstić information content (AvgIpc) is 3.11. The fourth-order valence-corrected chi connectivity index (χ4v) is 3.91. The van der Waals surface area contributed by atoms with Crippen LogP contribution in [0.1, 0.15) is 17.5 Å². The van der Waals surface area contributed by atoms with Crippen LogP contribution in [0.5, 0.6) is 5.75 Å². The van der Waals surface area contributed by atoms with Gasteiger partial charge >= 0.3 is 0 Å². The third kappa shape index (κ3) is 2.39. The number of hydrogen-bond donors (Lipinski definition) is 0. The first-order valence-corrected chi connectivity index (χ1v) is 8.96. The van der Waals surface area contributed by atoms with E-state index in [1.54, 1.807) is 0 Å². The topological polar surface area (TPSA) is 47.4 Å². The van der Waals surface area contributed by atoms with Crippen LogP contribution in [0.4, 0.5) is 5.69 Å². The lowest BCUT2D eigenvalue weighted by Crippen LogP contribution is -2.38. The summed E-state index contributed by atoms with van der Waals surface area (Å²) in [7, 11) is 0. The molecule has 0 N–H and O–H groups in total. The molecule has 26 heavy (non-hydrogen) atoms. The third-order valence-corrected chi connectivity index (χ3v) is 5.14. The molecule has 130 valence electrons. The Hall–Kier alpha value is -3.08. The van der Waals surface area contributed by atoms with Crippen LogP contribution in [0.3, 0.4) is 0 Å². The second-order valence-electron chi connectivity index (χ2n) is 6.74. The lowest BCUT2D eigenvalue weighted by Gasteiger charge is -2.29. The summed E-state index contributed by atoms with van der Waals surface area (Å²) in [6.45, 7) is 1.49. The Kier molecular flexibility index (Phi) is 3.52. The van der Waals surface area contributed by atoms with Gasteiger partial charge in [-0.15, -0.1) is 0 Å². The molecule has 0 fully saturated rings. The first-order chi connectivity index (χ1) is 12.8. The standard InChI is InChI=1S/C21H19N3O2/c25-20(23-11-5-7-15-6-1-3-9-18(15)23)13-24-21-16(12-22-24)14-26-19-10-4-2-8-17(19)21/h1-4,6,8-10,12H,5,7,11,13-14H2. The zero-order valence-electron chi connectivity index (χ0n) is 14.4. The summed E-state index contributed by atoms with van der Waals surface area (Å²) in [5, 5.41) is 4.48. The van der Waals surface area contributed by atoms with Crippen LogP contribution in [-0.2, 0) is 24.4 Å². The Labute approximate surface area is 151 Å². The number of rotatable bonds is 2. The highest BCUT2D eigenvalue weighted by molar-refractivity contribution is 5.94. The van der Waals surface area contributed by atoms with E-state index < -0.39 is 0 Å². The largest absolute Gasteiger partial charge is 0.488 e. The van der Waals surface area contributed by atoms with E-state index in [0.29, 0.717) is 6.61 Å². The van der Waals surface area contributed by atoms with Crippen LogP contribution in [0.25, 0.3) is 11.3 Å². The summed E-state index contributed by atoms with van der Waals surface area (Å²) < 4.78 is 7.60. The molecule has 0 radical (unpaired) electrons. The van der Waals surface area contributed by atoms with Crippen molar-refractivity contribution in [3.05, 3.63) is 65.9 Å². The Bertz CT molecular complexity index is 992. The molecule has 0 spiro atoms. The van der Waals surface area contributed by atoms with E-state index in [1.165, 1.54) is 5.56 Å². The van der Waals surface area contributed by atoms with Crippen LogP contribution in [-0.4, -0.2) is 22.2 Å². The predicted octanol–water partition coefficient (Wildman–Crippen LogP) is 3.42. The van der Waals surface area contributed by atoms with Crippen molar-refractivity contribution in [1.29, 1.82) is 0 Å². The molecule has 3 heterocycles. The summed E-state index contributed by atoms with van der Waals surface area (Å²) in [6, 6.07) is 16.1. The Morgan fingerprint density at radius 3 is 2.88 bits per heavy atom. The molecule has 0 saturated carbocycles. The van der Waals surface area contributed by atoms with Crippen LogP contribution in [0.15, 0.2) is 54.7 Å². The summed E-state index contributed by atoms with van der Waals surface area (Å²) in [5.74, 6) is 0.921. The highest BCUT2D eigenvalue weighted by Gasteiger charge is 2.26. The smallest absolute Gasteiger partial charge is 0.248 e. The fourth-order valence-electron chi connectivity index (χ4n) is 3.91. The van der Waals surface area contributed by atoms with Crippen molar-refractivity contribution in [1.82, 2.24) is 9.78 Å². The molecular formula is C21H19N3O2. The van der Waals surface area contributed by atoms with Gasteiger partial charge in [0.15, 0.2) is 0 Å². The Morgan fingerprint density at radius 1 is 1.08 bits per heavy atom. The molecule has 2 aliphatic rings. The van der Waals surface area contributed by atoms with Crippen molar-refractivity contribution in [3.8, 4) is 17.0 Å². The minimum Gasteiger partial charge on any atom is -0.488 e. The first-order valence-electron chi connectivity index (χ1n) is 8.96. The van der Waals surface area contributed by atoms with Crippen LogP contribution < -0.4 is 9.64 Å². The van der Waals surface area contributed by atoms with Crippen molar-refractivity contribution in [2.75, 3.05) is 11.4 Å². The molecule has 0 unspecified atom stereocenters. The highest BCUT2D eigenvalue weighted by Crippen LogP contribution is 2.37. The minimum absolute atomic E-state index is 0.0759. The van der Waals surface area contributed by atoms with Gasteiger partial charge in [0, 0.05) is 23.4 Å². The van der Waals surface area contributed by atoms with Gasteiger partial charge in [-0.3, -0.25) is 9.48 Å². The maximum atomic E-state index is 13.1. The summed E-state index contributed by atoms with van der Waals surface area (Å²) in [4.78, 5) is 15.0. The Morgan fingerprint density at radius 2 is 1.92 bits per heavy atom. The lowest BCUT2D eigenvalue weighted by atomic mass is 10.0. The second kappa shape index (κ2) is 6.02. The van der Waals surface area contributed by atoms with Gasteiger partial charge in [-0.2, -0.15) is 5.10 Å². The quantitative estimate of drug-likeness (QED) is 0.715. The van der Waals surface area contributed by atoms with E-state index in [4.69, 9.17) is 4.74 Å². The van der Waals surface area contributed by atoms with Crippen LogP contribution in [0.2, 0.25) is 0 Å². The molecule has 0 aliphatic carbocycles. The number of anilines is 1. The van der Waals surface area contributed by atoms with Gasteiger partial charge in [0.25, 0.3) is 0 Å². The van der Waals surface area contributed by atoms with Gasteiger partial charge in [0.2, 0.25) is 5.91 Å². The molecular weight excluding hydrogens is 326 g/mol. The maximum Gasteiger partial charge on any atom is 0.248 e. The summed E-state index contributed by atoms with van der Waals surface area (Å²) >= 11 is 0. The van der Waals surface area contributed by atoms with E-state index in [0.717, 1.165) is 47.6 Å². The van der Waals surface area contributed by atoms with Gasteiger partial charge in [0.1, 0.15) is 18.9 Å². The lowest BCUT2D eigenvalue weighted by molar-refractivity contribution is -0.119. The van der Waals surface area contributed by atoms with Gasteiger partial charge in [0.05, 0.1) is 11.9 Å². The Balaban J connectivity index is 1.48. The van der Waals surface area contributed by atoms with Crippen LogP contribution >= 0.6 is 0 Å². The number of hydrogen-bond acceptors (Lipinski definition) is 3. The van der Waals surface area contributed by atoms with E-state index in [-0.39, 0.29) is 12.5 Å². The predicted molar refractivity (Wildman–Crippen MR) is 99.1 cm³/mol. The average molecular weight is 345 g/mol. The SMILES string of the molecule is O=C(Cn1ncc2c1-c1ccccc1OC2)N1CCCc2ccccc21. The molecule has 3 aromatic rings. The molecule has 5 heteroatoms. The van der Waals surface area contributed by atoms with E-state index in [2.05, 4.69) is 11.2 Å². The zero-order chi connectivity index (χ0) is 17.5. The van der Waals surface area contributed by atoms with Crippen molar-refractivity contribution < 1.29 is 9.53 Å². The first kappa shape index (κ1) is 15.2. The number of para-hydroxylation sites is 2. The van der Waals surface area contributed by atoms with Crippen molar-refractivity contribution in [3.63, 3.8) is 0 Å². The molecule has 5 rings (SSSR count). The van der Waals surface area contributed by atoms with Crippen molar-refractivity contribution in [2.45, 2.75) is 26.0 Å². The van der Waals surface area contributed by atoms with E-state index in [1.807, 2.05) is 58.2 Å². The van der Waals surface area contributed by atoms with Crippen molar-refractivity contribution >= 4 is 11.6 Å². The monoisotopic (exact) mass is 345 g/mol. The number of aryl methyl sites for hydroxylation is 1. The molecule has 0 bridgehead atoms. The number of amides is 1. The van der Waals surface area contributed by atoms with Crippen molar-refractivity contribution in [2.24, 2.45) is 0 Å². The number of aromatic nitrogens is 2. The molecule has 1 amide bonds.